The molecular formula is C17H13NO2. The van der Waals surface area contributed by atoms with Crippen LogP contribution in [0.15, 0.2) is 59.9 Å². The summed E-state index contributed by atoms with van der Waals surface area (Å²) in [5.74, 6) is -0.111. The Morgan fingerprint density at radius 1 is 0.950 bits per heavy atom. The second-order valence-electron chi connectivity index (χ2n) is 4.85. The van der Waals surface area contributed by atoms with E-state index in [0.717, 1.165) is 5.56 Å². The summed E-state index contributed by atoms with van der Waals surface area (Å²) in [5, 5.41) is 0. The molecule has 98 valence electrons. The minimum absolute atomic E-state index is 0.0541. The van der Waals surface area contributed by atoms with E-state index < -0.39 is 0 Å². The Hall–Kier alpha value is -2.55. The first-order chi connectivity index (χ1) is 9.68. The van der Waals surface area contributed by atoms with E-state index in [1.807, 2.05) is 12.1 Å². The molecule has 0 fully saturated rings. The van der Waals surface area contributed by atoms with Gasteiger partial charge in [-0.1, -0.05) is 30.3 Å². The predicted octanol–water partition coefficient (Wildman–Crippen LogP) is 3.02. The van der Waals surface area contributed by atoms with Crippen LogP contribution in [-0.4, -0.2) is 16.6 Å². The van der Waals surface area contributed by atoms with Crippen LogP contribution in [0.1, 0.15) is 33.2 Å². The fourth-order valence-corrected chi connectivity index (χ4v) is 2.47. The minimum atomic E-state index is -0.0564. The molecule has 1 aliphatic rings. The van der Waals surface area contributed by atoms with Gasteiger partial charge in [-0.3, -0.25) is 14.6 Å². The molecule has 0 aliphatic heterocycles. The van der Waals surface area contributed by atoms with Crippen molar-refractivity contribution < 1.29 is 9.59 Å². The van der Waals surface area contributed by atoms with E-state index in [9.17, 15) is 9.59 Å². The van der Waals surface area contributed by atoms with Crippen molar-refractivity contribution >= 4 is 11.6 Å². The Kier molecular flexibility index (Phi) is 3.03. The molecule has 0 spiro atoms. The predicted molar refractivity (Wildman–Crippen MR) is 75.7 cm³/mol. The van der Waals surface area contributed by atoms with Crippen molar-refractivity contribution in [2.24, 2.45) is 0 Å². The third kappa shape index (κ3) is 1.97. The van der Waals surface area contributed by atoms with Gasteiger partial charge in [0.1, 0.15) is 0 Å². The van der Waals surface area contributed by atoms with Gasteiger partial charge >= 0.3 is 0 Å². The van der Waals surface area contributed by atoms with Gasteiger partial charge in [-0.15, -0.1) is 0 Å². The van der Waals surface area contributed by atoms with Gasteiger partial charge in [0.05, 0.1) is 0 Å². The molecule has 1 aromatic heterocycles. The number of ketones is 2. The molecule has 0 unspecified atom stereocenters. The molecule has 0 amide bonds. The van der Waals surface area contributed by atoms with Gasteiger partial charge in [0.25, 0.3) is 0 Å². The van der Waals surface area contributed by atoms with Gasteiger partial charge in [-0.2, -0.15) is 0 Å². The van der Waals surface area contributed by atoms with Crippen LogP contribution in [0.4, 0.5) is 0 Å². The topological polar surface area (TPSA) is 47.0 Å². The number of Topliss-reactive ketones (excluding diaryl/α,β-unsaturated/α-hetero) is 2. The van der Waals surface area contributed by atoms with Gasteiger partial charge in [0, 0.05) is 41.1 Å². The lowest BCUT2D eigenvalue weighted by Crippen LogP contribution is -2.22. The molecule has 3 rings (SSSR count). The lowest BCUT2D eigenvalue weighted by molar-refractivity contribution is 0.0973. The highest BCUT2D eigenvalue weighted by Crippen LogP contribution is 2.27. The maximum absolute atomic E-state index is 12.5. The monoisotopic (exact) mass is 263 g/mol. The normalized spacial score (nSPS) is 14.4. The number of hydrogen-bond donors (Lipinski definition) is 0. The summed E-state index contributed by atoms with van der Waals surface area (Å²) in [5.41, 5.74) is 3.05. The van der Waals surface area contributed by atoms with Crippen LogP contribution in [0.3, 0.4) is 0 Å². The first-order valence-corrected chi connectivity index (χ1v) is 6.45. The summed E-state index contributed by atoms with van der Waals surface area (Å²) in [6, 6.07) is 10.7. The maximum Gasteiger partial charge on any atom is 0.190 e. The van der Waals surface area contributed by atoms with Gasteiger partial charge in [0.15, 0.2) is 11.6 Å². The Morgan fingerprint density at radius 3 is 2.30 bits per heavy atom. The van der Waals surface area contributed by atoms with Crippen LogP contribution in [0, 0.1) is 0 Å². The van der Waals surface area contributed by atoms with Crippen molar-refractivity contribution in [3.8, 4) is 0 Å². The van der Waals surface area contributed by atoms with Crippen molar-refractivity contribution in [1.29, 1.82) is 0 Å². The summed E-state index contributed by atoms with van der Waals surface area (Å²) >= 11 is 0. The first kappa shape index (κ1) is 12.5. The number of aromatic nitrogens is 1. The Labute approximate surface area is 117 Å². The standard InChI is InChI=1S/C17H13NO2/c1-11-15(9-12-5-4-8-18-10-12)17(20)14-7-3-2-6-13(14)16(11)19/h2-8,10H,9H2,1H3. The van der Waals surface area contributed by atoms with Crippen molar-refractivity contribution in [2.45, 2.75) is 13.3 Å². The highest BCUT2D eigenvalue weighted by Gasteiger charge is 2.29. The fraction of sp³-hybridized carbons (Fsp3) is 0.118. The number of nitrogens with zero attached hydrogens (tertiary/aromatic N) is 1. The molecule has 0 saturated heterocycles. The Bertz CT molecular complexity index is 730. The molecule has 0 bridgehead atoms. The average Bonchev–Trinajstić information content (AvgIpc) is 2.50. The number of pyridine rings is 1. The number of carbonyl (C=O) groups excluding carboxylic acids is 2. The second-order valence-corrected chi connectivity index (χ2v) is 4.85. The molecule has 3 heteroatoms. The fourth-order valence-electron chi connectivity index (χ4n) is 2.47. The van der Waals surface area contributed by atoms with Crippen molar-refractivity contribution in [2.75, 3.05) is 0 Å². The van der Waals surface area contributed by atoms with Gasteiger partial charge in [-0.05, 0) is 18.6 Å². The summed E-state index contributed by atoms with van der Waals surface area (Å²) in [6.07, 6.45) is 3.85. The van der Waals surface area contributed by atoms with E-state index >= 15 is 0 Å². The summed E-state index contributed by atoms with van der Waals surface area (Å²) < 4.78 is 0. The van der Waals surface area contributed by atoms with Crippen molar-refractivity contribution in [3.05, 3.63) is 76.6 Å². The number of benzene rings is 1. The van der Waals surface area contributed by atoms with Crippen LogP contribution < -0.4 is 0 Å². The zero-order valence-corrected chi connectivity index (χ0v) is 11.1. The number of carbonyl (C=O) groups is 2. The molecule has 2 aromatic rings. The van der Waals surface area contributed by atoms with Crippen LogP contribution >= 0.6 is 0 Å². The van der Waals surface area contributed by atoms with Crippen molar-refractivity contribution in [1.82, 2.24) is 4.98 Å². The smallest absolute Gasteiger partial charge is 0.190 e. The third-order valence-corrected chi connectivity index (χ3v) is 3.59. The van der Waals surface area contributed by atoms with Crippen LogP contribution in [0.25, 0.3) is 0 Å². The average molecular weight is 263 g/mol. The molecule has 1 aromatic carbocycles. The number of hydrogen-bond acceptors (Lipinski definition) is 3. The zero-order valence-electron chi connectivity index (χ0n) is 11.1. The van der Waals surface area contributed by atoms with Crippen molar-refractivity contribution in [3.63, 3.8) is 0 Å². The Morgan fingerprint density at radius 2 is 1.65 bits per heavy atom. The molecule has 1 aliphatic carbocycles. The highest BCUT2D eigenvalue weighted by molar-refractivity contribution is 6.26. The van der Waals surface area contributed by atoms with Gasteiger partial charge in [-0.25, -0.2) is 0 Å². The quantitative estimate of drug-likeness (QED) is 0.836. The van der Waals surface area contributed by atoms with E-state index in [0.29, 0.717) is 28.7 Å². The number of rotatable bonds is 2. The van der Waals surface area contributed by atoms with Gasteiger partial charge in [0.2, 0.25) is 0 Å². The second kappa shape index (κ2) is 4.85. The molecule has 0 atom stereocenters. The molecular weight excluding hydrogens is 250 g/mol. The SMILES string of the molecule is CC1=C(Cc2cccnc2)C(=O)c2ccccc2C1=O. The van der Waals surface area contributed by atoms with Crippen LogP contribution in [-0.2, 0) is 6.42 Å². The molecule has 0 radical (unpaired) electrons. The summed E-state index contributed by atoms with van der Waals surface area (Å²) in [6.45, 7) is 1.72. The molecule has 20 heavy (non-hydrogen) atoms. The molecule has 1 heterocycles. The number of allylic oxidation sites excluding steroid dienone is 2. The first-order valence-electron chi connectivity index (χ1n) is 6.45. The van der Waals surface area contributed by atoms with E-state index in [2.05, 4.69) is 4.98 Å². The van der Waals surface area contributed by atoms with Crippen LogP contribution in [0.5, 0.6) is 0 Å². The van der Waals surface area contributed by atoms with E-state index in [4.69, 9.17) is 0 Å². The van der Waals surface area contributed by atoms with E-state index in [-0.39, 0.29) is 11.6 Å². The third-order valence-electron chi connectivity index (χ3n) is 3.59. The highest BCUT2D eigenvalue weighted by atomic mass is 16.1. The Balaban J connectivity index is 2.06. The number of fused-ring (bicyclic) bond motifs is 1. The minimum Gasteiger partial charge on any atom is -0.289 e. The van der Waals surface area contributed by atoms with Gasteiger partial charge < -0.3 is 0 Å². The molecule has 3 nitrogen and oxygen atoms in total. The van der Waals surface area contributed by atoms with Crippen LogP contribution in [0.2, 0.25) is 0 Å². The van der Waals surface area contributed by atoms with E-state index in [1.165, 1.54) is 0 Å². The molecule has 0 saturated carbocycles. The lowest BCUT2D eigenvalue weighted by Gasteiger charge is -2.18. The summed E-state index contributed by atoms with van der Waals surface area (Å²) in [7, 11) is 0. The largest absolute Gasteiger partial charge is 0.289 e. The molecule has 0 N–H and O–H groups in total. The summed E-state index contributed by atoms with van der Waals surface area (Å²) in [4.78, 5) is 28.9. The zero-order chi connectivity index (χ0) is 14.1. The lowest BCUT2D eigenvalue weighted by atomic mass is 9.82. The van der Waals surface area contributed by atoms with E-state index in [1.54, 1.807) is 43.6 Å². The maximum atomic E-state index is 12.5.